The van der Waals surface area contributed by atoms with Crippen molar-refractivity contribution in [2.24, 2.45) is 0 Å². The fraction of sp³-hybridized carbons (Fsp3) is 0.0800. The molecule has 0 spiro atoms. The summed E-state index contributed by atoms with van der Waals surface area (Å²) in [4.78, 5) is 24.8. The van der Waals surface area contributed by atoms with Crippen LogP contribution in [0.4, 0.5) is 0 Å². The molecule has 160 valence electrons. The summed E-state index contributed by atoms with van der Waals surface area (Å²) >= 11 is 0. The van der Waals surface area contributed by atoms with E-state index in [0.717, 1.165) is 0 Å². The number of aromatic hydroxyl groups is 1. The van der Waals surface area contributed by atoms with Gasteiger partial charge in [-0.2, -0.15) is 5.26 Å². The number of rotatable bonds is 8. The Morgan fingerprint density at radius 3 is 2.44 bits per heavy atom. The van der Waals surface area contributed by atoms with Gasteiger partial charge < -0.3 is 19.3 Å². The van der Waals surface area contributed by atoms with E-state index < -0.39 is 11.9 Å². The average molecular weight is 429 g/mol. The maximum atomic E-state index is 12.4. The van der Waals surface area contributed by atoms with Crippen molar-refractivity contribution < 1.29 is 28.9 Å². The van der Waals surface area contributed by atoms with E-state index >= 15 is 0 Å². The third kappa shape index (κ3) is 5.52. The van der Waals surface area contributed by atoms with Crippen molar-refractivity contribution in [3.8, 4) is 23.3 Å². The molecule has 0 fully saturated rings. The highest BCUT2D eigenvalue weighted by molar-refractivity contribution is 5.94. The smallest absolute Gasteiger partial charge is 0.343 e. The minimum atomic E-state index is -0.822. The van der Waals surface area contributed by atoms with Crippen molar-refractivity contribution in [2.75, 3.05) is 6.61 Å². The van der Waals surface area contributed by atoms with Crippen LogP contribution < -0.4 is 9.47 Å². The molecule has 7 heteroatoms. The fourth-order valence-corrected chi connectivity index (χ4v) is 2.73. The molecule has 7 nitrogen and oxygen atoms in total. The molecule has 3 aromatic carbocycles. The van der Waals surface area contributed by atoms with Gasteiger partial charge >= 0.3 is 11.9 Å². The van der Waals surface area contributed by atoms with E-state index in [9.17, 15) is 14.7 Å². The Morgan fingerprint density at radius 2 is 1.72 bits per heavy atom. The number of hydrogen-bond donors (Lipinski definition) is 1. The topological polar surface area (TPSA) is 106 Å². The third-order valence-corrected chi connectivity index (χ3v) is 4.35. The Balaban J connectivity index is 1.68. The second-order valence-corrected chi connectivity index (χ2v) is 6.54. The maximum Gasteiger partial charge on any atom is 0.343 e. The van der Waals surface area contributed by atoms with Crippen molar-refractivity contribution in [3.63, 3.8) is 0 Å². The summed E-state index contributed by atoms with van der Waals surface area (Å²) in [6.45, 7) is 3.76. The molecule has 0 bridgehead atoms. The van der Waals surface area contributed by atoms with Gasteiger partial charge in [0.05, 0.1) is 17.2 Å². The van der Waals surface area contributed by atoms with Gasteiger partial charge in [-0.15, -0.1) is 0 Å². The van der Waals surface area contributed by atoms with Gasteiger partial charge in [0.25, 0.3) is 0 Å². The summed E-state index contributed by atoms with van der Waals surface area (Å²) in [5, 5.41) is 19.2. The predicted octanol–water partition coefficient (Wildman–Crippen LogP) is 4.40. The van der Waals surface area contributed by atoms with Gasteiger partial charge in [0.2, 0.25) is 0 Å². The molecule has 0 saturated heterocycles. The van der Waals surface area contributed by atoms with Crippen LogP contribution in [0.5, 0.6) is 17.2 Å². The minimum absolute atomic E-state index is 0.0594. The van der Waals surface area contributed by atoms with Crippen molar-refractivity contribution >= 4 is 11.9 Å². The second-order valence-electron chi connectivity index (χ2n) is 6.54. The fourth-order valence-electron chi connectivity index (χ4n) is 2.73. The normalized spacial score (nSPS) is 9.97. The Hall–Kier alpha value is -4.57. The van der Waals surface area contributed by atoms with Crippen LogP contribution in [-0.4, -0.2) is 23.7 Å². The van der Waals surface area contributed by atoms with Crippen LogP contribution >= 0.6 is 0 Å². The Morgan fingerprint density at radius 1 is 1.00 bits per heavy atom. The zero-order chi connectivity index (χ0) is 22.9. The van der Waals surface area contributed by atoms with Gasteiger partial charge in [0.15, 0.2) is 0 Å². The van der Waals surface area contributed by atoms with Gasteiger partial charge in [-0.3, -0.25) is 0 Å². The first-order chi connectivity index (χ1) is 15.5. The average Bonchev–Trinajstić information content (AvgIpc) is 2.82. The van der Waals surface area contributed by atoms with Gasteiger partial charge in [-0.25, -0.2) is 9.59 Å². The monoisotopic (exact) mass is 429 g/mol. The quantitative estimate of drug-likeness (QED) is 0.321. The van der Waals surface area contributed by atoms with Crippen molar-refractivity contribution in [1.29, 1.82) is 5.26 Å². The summed E-state index contributed by atoms with van der Waals surface area (Å²) in [5.41, 5.74) is 1.03. The number of esters is 2. The summed E-state index contributed by atoms with van der Waals surface area (Å²) < 4.78 is 15.9. The summed E-state index contributed by atoms with van der Waals surface area (Å²) in [6.07, 6.45) is 1.61. The van der Waals surface area contributed by atoms with Gasteiger partial charge in [0.1, 0.15) is 36.0 Å². The van der Waals surface area contributed by atoms with Gasteiger partial charge in [-0.1, -0.05) is 30.9 Å². The number of phenols is 1. The molecule has 0 unspecified atom stereocenters. The predicted molar refractivity (Wildman–Crippen MR) is 115 cm³/mol. The Bertz CT molecular complexity index is 1180. The highest BCUT2D eigenvalue weighted by atomic mass is 16.5. The zero-order valence-electron chi connectivity index (χ0n) is 17.0. The molecular formula is C25H19NO6. The number of nitriles is 1. The number of benzene rings is 3. The first kappa shape index (κ1) is 22.1. The summed E-state index contributed by atoms with van der Waals surface area (Å²) in [6, 6.07) is 18.9. The van der Waals surface area contributed by atoms with E-state index in [-0.39, 0.29) is 29.2 Å². The van der Waals surface area contributed by atoms with Crippen LogP contribution in [0.3, 0.4) is 0 Å². The van der Waals surface area contributed by atoms with E-state index in [2.05, 4.69) is 6.58 Å². The molecule has 3 rings (SSSR count). The molecular weight excluding hydrogens is 410 g/mol. The lowest BCUT2D eigenvalue weighted by Crippen LogP contribution is -2.10. The van der Waals surface area contributed by atoms with Crippen LogP contribution in [0.1, 0.15) is 31.8 Å². The van der Waals surface area contributed by atoms with Gasteiger partial charge in [0, 0.05) is 5.56 Å². The molecule has 0 radical (unpaired) electrons. The first-order valence-electron chi connectivity index (χ1n) is 9.56. The highest BCUT2D eigenvalue weighted by Crippen LogP contribution is 2.25. The third-order valence-electron chi connectivity index (χ3n) is 4.35. The largest absolute Gasteiger partial charge is 0.507 e. The van der Waals surface area contributed by atoms with Crippen molar-refractivity contribution in [1.82, 2.24) is 0 Å². The lowest BCUT2D eigenvalue weighted by Gasteiger charge is -2.10. The number of hydrogen-bond acceptors (Lipinski definition) is 7. The highest BCUT2D eigenvalue weighted by Gasteiger charge is 2.17. The number of ether oxygens (including phenoxy) is 3. The number of nitrogens with zero attached hydrogens (tertiary/aromatic N) is 1. The second kappa shape index (κ2) is 10.5. The number of carbonyl (C=O) groups is 2. The maximum absolute atomic E-state index is 12.4. The van der Waals surface area contributed by atoms with Crippen LogP contribution in [0, 0.1) is 11.3 Å². The molecule has 3 aromatic rings. The molecule has 0 atom stereocenters. The molecule has 0 heterocycles. The van der Waals surface area contributed by atoms with Crippen LogP contribution in [0.2, 0.25) is 0 Å². The van der Waals surface area contributed by atoms with Crippen LogP contribution in [0.15, 0.2) is 79.4 Å². The molecule has 0 aliphatic rings. The van der Waals surface area contributed by atoms with E-state index in [1.54, 1.807) is 54.6 Å². The molecule has 0 aliphatic heterocycles. The minimum Gasteiger partial charge on any atom is -0.507 e. The SMILES string of the molecule is C=CCOc1ccc(C(=O)Oc2ccc(O)c(C(=O)OCc3ccccc3C#N)c2)cc1. The molecule has 0 saturated carbocycles. The summed E-state index contributed by atoms with van der Waals surface area (Å²) in [5.74, 6) is -1.16. The lowest BCUT2D eigenvalue weighted by molar-refractivity contribution is 0.0467. The number of phenolic OH excluding ortho intramolecular Hbond substituents is 1. The van der Waals surface area contributed by atoms with E-state index in [4.69, 9.17) is 19.5 Å². The van der Waals surface area contributed by atoms with Gasteiger partial charge in [-0.05, 0) is 48.5 Å². The van der Waals surface area contributed by atoms with E-state index in [1.807, 2.05) is 6.07 Å². The summed E-state index contributed by atoms with van der Waals surface area (Å²) in [7, 11) is 0. The lowest BCUT2D eigenvalue weighted by atomic mass is 10.1. The van der Waals surface area contributed by atoms with E-state index in [1.165, 1.54) is 18.2 Å². The standard InChI is InChI=1S/C25H19NO6/c1-2-13-30-20-9-7-17(8-10-20)24(28)32-21-11-12-23(27)22(14-21)25(29)31-16-19-6-4-3-5-18(19)15-26/h2-12,14,27H,1,13,16H2. The molecule has 0 aliphatic carbocycles. The molecule has 32 heavy (non-hydrogen) atoms. The molecule has 1 N–H and O–H groups in total. The Labute approximate surface area is 184 Å². The zero-order valence-corrected chi connectivity index (χ0v) is 17.0. The number of carbonyl (C=O) groups excluding carboxylic acids is 2. The van der Waals surface area contributed by atoms with Crippen LogP contribution in [0.25, 0.3) is 0 Å². The van der Waals surface area contributed by atoms with Crippen LogP contribution in [-0.2, 0) is 11.3 Å². The first-order valence-corrected chi connectivity index (χ1v) is 9.56. The Kier molecular flexibility index (Phi) is 7.23. The van der Waals surface area contributed by atoms with Crippen molar-refractivity contribution in [3.05, 3.63) is 102 Å². The van der Waals surface area contributed by atoms with Crippen molar-refractivity contribution in [2.45, 2.75) is 6.61 Å². The van der Waals surface area contributed by atoms with E-state index in [0.29, 0.717) is 23.5 Å². The molecule has 0 aromatic heterocycles. The molecule has 0 amide bonds.